The molecule has 0 spiro atoms. The van der Waals surface area contributed by atoms with Crippen molar-refractivity contribution in [1.29, 1.82) is 0 Å². The molecule has 0 atom stereocenters. The first-order chi connectivity index (χ1) is 13.1. The van der Waals surface area contributed by atoms with Crippen molar-refractivity contribution in [2.75, 3.05) is 0 Å². The van der Waals surface area contributed by atoms with E-state index in [1.165, 1.54) is 30.4 Å². The molecule has 148 valence electrons. The fraction of sp³-hybridized carbons (Fsp3) is 0.0588. The number of nitrogens with one attached hydrogen (secondary N) is 1. The van der Waals surface area contributed by atoms with Crippen LogP contribution in [-0.2, 0) is 14.4 Å². The molecule has 0 saturated carbocycles. The zero-order valence-electron chi connectivity index (χ0n) is 14.4. The number of hydrogen-bond acceptors (Lipinski definition) is 6. The van der Waals surface area contributed by atoms with Crippen molar-refractivity contribution in [3.63, 3.8) is 0 Å². The molecule has 0 fully saturated rings. The van der Waals surface area contributed by atoms with E-state index in [-0.39, 0.29) is 17.7 Å². The summed E-state index contributed by atoms with van der Waals surface area (Å²) in [4.78, 5) is 51.1. The van der Waals surface area contributed by atoms with Gasteiger partial charge < -0.3 is 15.9 Å². The minimum atomic E-state index is -1.27. The zero-order valence-corrected chi connectivity index (χ0v) is 14.4. The predicted molar refractivity (Wildman–Crippen MR) is 98.0 cm³/mol. The summed E-state index contributed by atoms with van der Waals surface area (Å²) < 4.78 is 0. The smallest absolute Gasteiger partial charge is 0.331 e. The molecule has 11 heteroatoms. The second-order valence-corrected chi connectivity index (χ2v) is 4.84. The van der Waals surface area contributed by atoms with Gasteiger partial charge in [0, 0.05) is 29.9 Å². The summed E-state index contributed by atoms with van der Waals surface area (Å²) in [6, 6.07) is 4.78. The zero-order chi connectivity index (χ0) is 21.7. The Labute approximate surface area is 158 Å². The van der Waals surface area contributed by atoms with Crippen LogP contribution in [-0.4, -0.2) is 39.0 Å². The lowest BCUT2D eigenvalue weighted by Crippen LogP contribution is -2.33. The van der Waals surface area contributed by atoms with E-state index < -0.39 is 28.8 Å². The van der Waals surface area contributed by atoms with Crippen molar-refractivity contribution in [1.82, 2.24) is 5.32 Å². The molecule has 0 radical (unpaired) electrons. The van der Waals surface area contributed by atoms with Gasteiger partial charge >= 0.3 is 18.0 Å². The topological polar surface area (TPSA) is 190 Å². The predicted octanol–water partition coefficient (Wildman–Crippen LogP) is 1.46. The number of carboxylic acid groups (broad SMARTS) is 2. The molecule has 0 aromatic heterocycles. The van der Waals surface area contributed by atoms with Gasteiger partial charge in [-0.1, -0.05) is 18.2 Å². The highest BCUT2D eigenvalue weighted by Gasteiger charge is 2.08. The Morgan fingerprint density at radius 2 is 1.86 bits per heavy atom. The number of carbonyl (C=O) groups is 4. The van der Waals surface area contributed by atoms with Gasteiger partial charge in [-0.2, -0.15) is 0 Å². The maximum Gasteiger partial charge on any atom is 0.331 e. The Kier molecular flexibility index (Phi) is 10.3. The summed E-state index contributed by atoms with van der Waals surface area (Å²) in [5.74, 6) is -3.19. The third kappa shape index (κ3) is 10.6. The van der Waals surface area contributed by atoms with Crippen LogP contribution in [0.3, 0.4) is 0 Å². The van der Waals surface area contributed by atoms with Crippen molar-refractivity contribution in [2.45, 2.75) is 6.42 Å². The number of amides is 3. The van der Waals surface area contributed by atoms with Crippen molar-refractivity contribution >= 4 is 35.6 Å². The molecule has 0 aliphatic rings. The highest BCUT2D eigenvalue weighted by atomic mass is 16.6. The standard InChI is InChI=1S/C12H11NO4.C5H6N2O4/c1-2-4-10(12(14)15)7-9-5-3-6-11(8-9)13(16)17;6-5(11)7-3(8)1-2-4(9)10/h2-3,5-8H,1,4H2,(H,14,15);1-2H,(H,9,10)(H3,6,7,8,11)/b10-7-;2-1-. The molecule has 0 heterocycles. The van der Waals surface area contributed by atoms with Crippen LogP contribution < -0.4 is 11.1 Å². The monoisotopic (exact) mass is 391 g/mol. The molecule has 1 rings (SSSR count). The number of benzene rings is 1. The summed E-state index contributed by atoms with van der Waals surface area (Å²) in [5, 5.41) is 29.1. The molecule has 11 nitrogen and oxygen atoms in total. The van der Waals surface area contributed by atoms with Gasteiger partial charge in [0.15, 0.2) is 0 Å². The summed E-state index contributed by atoms with van der Waals surface area (Å²) >= 11 is 0. The number of urea groups is 1. The third-order valence-electron chi connectivity index (χ3n) is 2.68. The van der Waals surface area contributed by atoms with E-state index in [9.17, 15) is 29.3 Å². The number of nitrogens with two attached hydrogens (primary N) is 1. The molecule has 28 heavy (non-hydrogen) atoms. The van der Waals surface area contributed by atoms with E-state index >= 15 is 0 Å². The Morgan fingerprint density at radius 3 is 2.32 bits per heavy atom. The number of nitro benzene ring substituents is 1. The average molecular weight is 391 g/mol. The Hall–Kier alpha value is -4.28. The molecule has 1 aromatic carbocycles. The number of carbonyl (C=O) groups excluding carboxylic acids is 2. The number of rotatable bonds is 7. The van der Waals surface area contributed by atoms with E-state index in [2.05, 4.69) is 12.3 Å². The number of non-ortho nitro benzene ring substituents is 1. The van der Waals surface area contributed by atoms with Gasteiger partial charge in [0.1, 0.15) is 0 Å². The van der Waals surface area contributed by atoms with E-state index in [1.807, 2.05) is 0 Å². The fourth-order valence-electron chi connectivity index (χ4n) is 1.60. The molecule has 0 aliphatic carbocycles. The molecule has 5 N–H and O–H groups in total. The van der Waals surface area contributed by atoms with Gasteiger partial charge in [0.2, 0.25) is 0 Å². The number of nitro groups is 1. The SMILES string of the molecule is C=CC/C(=C/c1cccc([N+](=O)[O-])c1)C(=O)O.NC(=O)NC(=O)/C=C\C(=O)O. The highest BCUT2D eigenvalue weighted by Crippen LogP contribution is 2.17. The van der Waals surface area contributed by atoms with Crippen LogP contribution in [0.4, 0.5) is 10.5 Å². The second kappa shape index (κ2) is 12.1. The van der Waals surface area contributed by atoms with Crippen molar-refractivity contribution in [2.24, 2.45) is 5.73 Å². The molecule has 1 aromatic rings. The van der Waals surface area contributed by atoms with E-state index in [0.29, 0.717) is 17.7 Å². The second-order valence-electron chi connectivity index (χ2n) is 4.84. The van der Waals surface area contributed by atoms with Gasteiger partial charge in [0.25, 0.3) is 11.6 Å². The first-order valence-electron chi connectivity index (χ1n) is 7.37. The van der Waals surface area contributed by atoms with Crippen molar-refractivity contribution in [3.8, 4) is 0 Å². The van der Waals surface area contributed by atoms with Crippen LogP contribution in [0.5, 0.6) is 0 Å². The van der Waals surface area contributed by atoms with E-state index in [4.69, 9.17) is 10.2 Å². The highest BCUT2D eigenvalue weighted by molar-refractivity contribution is 6.02. The number of primary amides is 1. The van der Waals surface area contributed by atoms with Gasteiger partial charge in [-0.25, -0.2) is 14.4 Å². The van der Waals surface area contributed by atoms with Gasteiger partial charge in [-0.15, -0.1) is 6.58 Å². The van der Waals surface area contributed by atoms with Crippen LogP contribution in [0.1, 0.15) is 12.0 Å². The van der Waals surface area contributed by atoms with Crippen LogP contribution in [0.25, 0.3) is 6.08 Å². The minimum absolute atomic E-state index is 0.0675. The van der Waals surface area contributed by atoms with Crippen LogP contribution >= 0.6 is 0 Å². The van der Waals surface area contributed by atoms with Gasteiger partial charge in [0.05, 0.1) is 4.92 Å². The maximum atomic E-state index is 10.9. The number of carboxylic acids is 2. The quantitative estimate of drug-likeness (QED) is 0.232. The largest absolute Gasteiger partial charge is 0.478 e. The van der Waals surface area contributed by atoms with Crippen LogP contribution in [0, 0.1) is 10.1 Å². The lowest BCUT2D eigenvalue weighted by molar-refractivity contribution is -0.384. The van der Waals surface area contributed by atoms with Crippen LogP contribution in [0.15, 0.2) is 54.6 Å². The third-order valence-corrected chi connectivity index (χ3v) is 2.68. The summed E-state index contributed by atoms with van der Waals surface area (Å²) in [6.45, 7) is 3.46. The fourth-order valence-corrected chi connectivity index (χ4v) is 1.60. The molecular formula is C17H17N3O8. The first kappa shape index (κ1) is 23.7. The minimum Gasteiger partial charge on any atom is -0.478 e. The molecule has 0 unspecified atom stereocenters. The average Bonchev–Trinajstić information content (AvgIpc) is 2.59. The Balaban J connectivity index is 0.000000576. The molecule has 0 saturated heterocycles. The lowest BCUT2D eigenvalue weighted by Gasteiger charge is -1.99. The number of imide groups is 1. The number of aliphatic carboxylic acids is 2. The van der Waals surface area contributed by atoms with Gasteiger partial charge in [-0.3, -0.25) is 20.2 Å². The Morgan fingerprint density at radius 1 is 1.21 bits per heavy atom. The summed E-state index contributed by atoms with van der Waals surface area (Å²) in [6.07, 6.45) is 4.36. The molecule has 3 amide bonds. The summed E-state index contributed by atoms with van der Waals surface area (Å²) in [7, 11) is 0. The molecular weight excluding hydrogens is 374 g/mol. The Bertz CT molecular complexity index is 843. The van der Waals surface area contributed by atoms with Crippen LogP contribution in [0.2, 0.25) is 0 Å². The molecule has 0 bridgehead atoms. The molecule has 0 aliphatic heterocycles. The number of nitrogens with zero attached hydrogens (tertiary/aromatic N) is 1. The number of hydrogen-bond donors (Lipinski definition) is 4. The normalized spacial score (nSPS) is 10.4. The van der Waals surface area contributed by atoms with E-state index in [1.54, 1.807) is 11.4 Å². The number of allylic oxidation sites excluding steroid dienone is 1. The summed E-state index contributed by atoms with van der Waals surface area (Å²) in [5.41, 5.74) is 5.10. The van der Waals surface area contributed by atoms with Crippen molar-refractivity contribution in [3.05, 3.63) is 70.3 Å². The van der Waals surface area contributed by atoms with Gasteiger partial charge in [-0.05, 0) is 18.1 Å². The maximum absolute atomic E-state index is 10.9. The first-order valence-corrected chi connectivity index (χ1v) is 7.37. The van der Waals surface area contributed by atoms with E-state index in [0.717, 1.165) is 0 Å². The lowest BCUT2D eigenvalue weighted by atomic mass is 10.1. The van der Waals surface area contributed by atoms with Crippen molar-refractivity contribution < 1.29 is 34.3 Å².